The fraction of sp³-hybridized carbons (Fsp3) is 0.0769. The zero-order valence-corrected chi connectivity index (χ0v) is 9.55. The smallest absolute Gasteiger partial charge is 0.287 e. The number of nitrogens with one attached hydrogen (secondary N) is 2. The van der Waals surface area contributed by atoms with Crippen molar-refractivity contribution in [3.05, 3.63) is 54.5 Å². The third kappa shape index (κ3) is 3.21. The number of carbonyl (C=O) groups is 2. The van der Waals surface area contributed by atoms with Crippen LogP contribution in [-0.4, -0.2) is 18.4 Å². The molecule has 0 saturated carbocycles. The fourth-order valence-electron chi connectivity index (χ4n) is 1.38. The molecule has 0 aliphatic carbocycles. The van der Waals surface area contributed by atoms with E-state index in [0.717, 1.165) is 0 Å². The van der Waals surface area contributed by atoms with Crippen molar-refractivity contribution in [3.63, 3.8) is 0 Å². The van der Waals surface area contributed by atoms with E-state index in [0.29, 0.717) is 5.69 Å². The highest BCUT2D eigenvalue weighted by molar-refractivity contribution is 5.97. The molecule has 1 heterocycles. The minimum Gasteiger partial charge on any atom is -0.459 e. The molecular formula is C13H12N2O3. The van der Waals surface area contributed by atoms with Gasteiger partial charge in [0.2, 0.25) is 5.91 Å². The van der Waals surface area contributed by atoms with Gasteiger partial charge in [-0.25, -0.2) is 0 Å². The molecule has 5 heteroatoms. The summed E-state index contributed by atoms with van der Waals surface area (Å²) in [7, 11) is 0. The topological polar surface area (TPSA) is 71.3 Å². The average molecular weight is 244 g/mol. The van der Waals surface area contributed by atoms with E-state index in [4.69, 9.17) is 4.42 Å². The van der Waals surface area contributed by atoms with Gasteiger partial charge in [-0.3, -0.25) is 9.59 Å². The van der Waals surface area contributed by atoms with Gasteiger partial charge in [-0.05, 0) is 24.3 Å². The zero-order chi connectivity index (χ0) is 12.8. The largest absolute Gasteiger partial charge is 0.459 e. The molecule has 0 aliphatic heterocycles. The van der Waals surface area contributed by atoms with Crippen molar-refractivity contribution < 1.29 is 14.0 Å². The number of para-hydroxylation sites is 1. The summed E-state index contributed by atoms with van der Waals surface area (Å²) in [6.45, 7) is -0.103. The predicted molar refractivity (Wildman–Crippen MR) is 66.1 cm³/mol. The second kappa shape index (κ2) is 5.67. The van der Waals surface area contributed by atoms with E-state index in [1.165, 1.54) is 12.3 Å². The second-order valence-electron chi connectivity index (χ2n) is 3.57. The molecule has 0 spiro atoms. The Kier molecular flexibility index (Phi) is 3.76. The van der Waals surface area contributed by atoms with Crippen LogP contribution < -0.4 is 10.6 Å². The van der Waals surface area contributed by atoms with Crippen LogP contribution in [0.3, 0.4) is 0 Å². The normalized spacial score (nSPS) is 9.78. The van der Waals surface area contributed by atoms with E-state index in [1.807, 2.05) is 18.2 Å². The van der Waals surface area contributed by atoms with Crippen LogP contribution in [0.2, 0.25) is 0 Å². The fourth-order valence-corrected chi connectivity index (χ4v) is 1.38. The highest BCUT2D eigenvalue weighted by Crippen LogP contribution is 2.04. The van der Waals surface area contributed by atoms with Crippen LogP contribution in [0.5, 0.6) is 0 Å². The van der Waals surface area contributed by atoms with Crippen LogP contribution in [0, 0.1) is 0 Å². The van der Waals surface area contributed by atoms with Crippen molar-refractivity contribution in [2.75, 3.05) is 11.9 Å². The van der Waals surface area contributed by atoms with Crippen LogP contribution >= 0.6 is 0 Å². The Morgan fingerprint density at radius 1 is 1.06 bits per heavy atom. The van der Waals surface area contributed by atoms with Gasteiger partial charge in [0.25, 0.3) is 5.91 Å². The molecule has 0 aliphatic rings. The number of amides is 2. The molecule has 0 saturated heterocycles. The lowest BCUT2D eigenvalue weighted by Crippen LogP contribution is -2.32. The van der Waals surface area contributed by atoms with Crippen molar-refractivity contribution >= 4 is 17.5 Å². The van der Waals surface area contributed by atoms with Gasteiger partial charge in [-0.15, -0.1) is 0 Å². The third-order valence-electron chi connectivity index (χ3n) is 2.21. The summed E-state index contributed by atoms with van der Waals surface area (Å²) in [6.07, 6.45) is 1.40. The quantitative estimate of drug-likeness (QED) is 0.859. The van der Waals surface area contributed by atoms with Crippen molar-refractivity contribution in [2.24, 2.45) is 0 Å². The van der Waals surface area contributed by atoms with Crippen LogP contribution in [0.1, 0.15) is 10.6 Å². The number of anilines is 1. The molecule has 5 nitrogen and oxygen atoms in total. The summed E-state index contributed by atoms with van der Waals surface area (Å²) in [5.41, 5.74) is 0.690. The van der Waals surface area contributed by atoms with Crippen LogP contribution in [0.4, 0.5) is 5.69 Å². The van der Waals surface area contributed by atoms with Crippen molar-refractivity contribution in [3.8, 4) is 0 Å². The highest BCUT2D eigenvalue weighted by Gasteiger charge is 2.09. The lowest BCUT2D eigenvalue weighted by Gasteiger charge is -2.05. The van der Waals surface area contributed by atoms with Crippen LogP contribution in [0.15, 0.2) is 53.1 Å². The first-order valence-electron chi connectivity index (χ1n) is 5.42. The Morgan fingerprint density at radius 2 is 1.83 bits per heavy atom. The number of rotatable bonds is 4. The summed E-state index contributed by atoms with van der Waals surface area (Å²) >= 11 is 0. The first-order valence-corrected chi connectivity index (χ1v) is 5.42. The summed E-state index contributed by atoms with van der Waals surface area (Å²) in [5, 5.41) is 5.12. The Balaban J connectivity index is 1.80. The van der Waals surface area contributed by atoms with Gasteiger partial charge in [0.15, 0.2) is 5.76 Å². The molecule has 18 heavy (non-hydrogen) atoms. The summed E-state index contributed by atoms with van der Waals surface area (Å²) in [4.78, 5) is 23.0. The molecule has 0 radical (unpaired) electrons. The lowest BCUT2D eigenvalue weighted by molar-refractivity contribution is -0.115. The zero-order valence-electron chi connectivity index (χ0n) is 9.55. The van der Waals surface area contributed by atoms with Crippen LogP contribution in [0.25, 0.3) is 0 Å². The molecule has 1 aromatic heterocycles. The van der Waals surface area contributed by atoms with E-state index in [2.05, 4.69) is 10.6 Å². The van der Waals surface area contributed by atoms with E-state index in [-0.39, 0.29) is 18.2 Å². The number of furan rings is 1. The standard InChI is InChI=1S/C13H12N2O3/c16-12(15-10-5-2-1-3-6-10)9-14-13(17)11-7-4-8-18-11/h1-8H,9H2,(H,14,17)(H,15,16). The summed E-state index contributed by atoms with van der Waals surface area (Å²) in [5.74, 6) is -0.521. The predicted octanol–water partition coefficient (Wildman–Crippen LogP) is 1.65. The Hall–Kier alpha value is -2.56. The van der Waals surface area contributed by atoms with Gasteiger partial charge < -0.3 is 15.1 Å². The second-order valence-corrected chi connectivity index (χ2v) is 3.57. The molecular weight excluding hydrogens is 232 g/mol. The van der Waals surface area contributed by atoms with E-state index in [9.17, 15) is 9.59 Å². The maximum Gasteiger partial charge on any atom is 0.287 e. The first kappa shape index (κ1) is 11.9. The molecule has 2 rings (SSSR count). The molecule has 0 unspecified atom stereocenters. The van der Waals surface area contributed by atoms with E-state index >= 15 is 0 Å². The summed E-state index contributed by atoms with van der Waals surface area (Å²) < 4.78 is 4.90. The average Bonchev–Trinajstić information content (AvgIpc) is 2.91. The molecule has 2 amide bonds. The summed E-state index contributed by atoms with van der Waals surface area (Å²) in [6, 6.07) is 12.2. The van der Waals surface area contributed by atoms with E-state index in [1.54, 1.807) is 18.2 Å². The van der Waals surface area contributed by atoms with Gasteiger partial charge in [-0.2, -0.15) is 0 Å². The minimum atomic E-state index is -0.414. The molecule has 92 valence electrons. The molecule has 0 fully saturated rings. The Labute approximate surface area is 104 Å². The van der Waals surface area contributed by atoms with E-state index < -0.39 is 5.91 Å². The maximum atomic E-state index is 11.5. The number of hydrogen-bond acceptors (Lipinski definition) is 3. The molecule has 2 N–H and O–H groups in total. The lowest BCUT2D eigenvalue weighted by atomic mass is 10.3. The van der Waals surface area contributed by atoms with Crippen molar-refractivity contribution in [1.82, 2.24) is 5.32 Å². The van der Waals surface area contributed by atoms with Gasteiger partial charge in [-0.1, -0.05) is 18.2 Å². The van der Waals surface area contributed by atoms with Gasteiger partial charge in [0.1, 0.15) is 0 Å². The van der Waals surface area contributed by atoms with Gasteiger partial charge in [0.05, 0.1) is 12.8 Å². The Bertz CT molecular complexity index is 520. The maximum absolute atomic E-state index is 11.5. The van der Waals surface area contributed by atoms with Crippen molar-refractivity contribution in [1.29, 1.82) is 0 Å². The number of carbonyl (C=O) groups excluding carboxylic acids is 2. The first-order chi connectivity index (χ1) is 8.75. The number of hydrogen-bond donors (Lipinski definition) is 2. The molecule has 2 aromatic rings. The van der Waals surface area contributed by atoms with Gasteiger partial charge in [0, 0.05) is 5.69 Å². The molecule has 1 aromatic carbocycles. The highest BCUT2D eigenvalue weighted by atomic mass is 16.3. The number of benzene rings is 1. The minimum absolute atomic E-state index is 0.103. The molecule has 0 atom stereocenters. The molecule has 0 bridgehead atoms. The Morgan fingerprint density at radius 3 is 2.50 bits per heavy atom. The van der Waals surface area contributed by atoms with Crippen LogP contribution in [-0.2, 0) is 4.79 Å². The SMILES string of the molecule is O=C(CNC(=O)c1ccco1)Nc1ccccc1. The third-order valence-corrected chi connectivity index (χ3v) is 2.21. The van der Waals surface area contributed by atoms with Gasteiger partial charge >= 0.3 is 0 Å². The van der Waals surface area contributed by atoms with Crippen molar-refractivity contribution in [2.45, 2.75) is 0 Å². The monoisotopic (exact) mass is 244 g/mol.